The van der Waals surface area contributed by atoms with E-state index in [4.69, 9.17) is 0 Å². The van der Waals surface area contributed by atoms with Crippen LogP contribution in [0.5, 0.6) is 0 Å². The SMILES string of the molecule is Cc1nccn1[C@H]1CCCN(C(=O)[C@@H](C)Cn2cccn2)C1. The Hall–Kier alpha value is -2.11. The molecule has 3 heterocycles. The van der Waals surface area contributed by atoms with Crippen molar-refractivity contribution in [1.29, 1.82) is 0 Å². The molecule has 0 N–H and O–H groups in total. The summed E-state index contributed by atoms with van der Waals surface area (Å²) in [5.41, 5.74) is 0. The van der Waals surface area contributed by atoms with Crippen LogP contribution in [-0.2, 0) is 11.3 Å². The number of likely N-dealkylation sites (tertiary alicyclic amines) is 1. The quantitative estimate of drug-likeness (QED) is 0.866. The second-order valence-corrected chi connectivity index (χ2v) is 6.09. The van der Waals surface area contributed by atoms with Crippen LogP contribution in [0.4, 0.5) is 0 Å². The first-order valence-electron chi connectivity index (χ1n) is 7.91. The van der Waals surface area contributed by atoms with Crippen LogP contribution >= 0.6 is 0 Å². The fraction of sp³-hybridized carbons (Fsp3) is 0.562. The van der Waals surface area contributed by atoms with Crippen molar-refractivity contribution in [2.75, 3.05) is 13.1 Å². The van der Waals surface area contributed by atoms with Gasteiger partial charge in [0.05, 0.1) is 18.5 Å². The average Bonchev–Trinajstić information content (AvgIpc) is 3.18. The summed E-state index contributed by atoms with van der Waals surface area (Å²) >= 11 is 0. The van der Waals surface area contributed by atoms with E-state index in [1.807, 2.05) is 48.1 Å². The maximum absolute atomic E-state index is 12.7. The van der Waals surface area contributed by atoms with E-state index in [-0.39, 0.29) is 11.8 Å². The first-order chi connectivity index (χ1) is 10.6. The molecule has 6 heteroatoms. The molecule has 1 amide bonds. The Labute approximate surface area is 130 Å². The second-order valence-electron chi connectivity index (χ2n) is 6.09. The minimum Gasteiger partial charge on any atom is -0.340 e. The fourth-order valence-electron chi connectivity index (χ4n) is 3.23. The summed E-state index contributed by atoms with van der Waals surface area (Å²) in [6, 6.07) is 2.23. The average molecular weight is 301 g/mol. The van der Waals surface area contributed by atoms with Crippen LogP contribution in [0.1, 0.15) is 31.6 Å². The highest BCUT2D eigenvalue weighted by Crippen LogP contribution is 2.24. The zero-order valence-electron chi connectivity index (χ0n) is 13.2. The van der Waals surface area contributed by atoms with Gasteiger partial charge in [-0.15, -0.1) is 0 Å². The summed E-state index contributed by atoms with van der Waals surface area (Å²) in [7, 11) is 0. The van der Waals surface area contributed by atoms with E-state index in [1.165, 1.54) is 0 Å². The van der Waals surface area contributed by atoms with Gasteiger partial charge in [-0.25, -0.2) is 4.98 Å². The number of nitrogens with zero attached hydrogens (tertiary/aromatic N) is 5. The maximum atomic E-state index is 12.7. The zero-order valence-corrected chi connectivity index (χ0v) is 13.2. The van der Waals surface area contributed by atoms with Gasteiger partial charge in [-0.1, -0.05) is 6.92 Å². The molecule has 0 spiro atoms. The van der Waals surface area contributed by atoms with E-state index in [2.05, 4.69) is 14.6 Å². The fourth-order valence-corrected chi connectivity index (χ4v) is 3.23. The first kappa shape index (κ1) is 14.8. The van der Waals surface area contributed by atoms with Crippen molar-refractivity contribution in [1.82, 2.24) is 24.2 Å². The third-order valence-corrected chi connectivity index (χ3v) is 4.41. The largest absolute Gasteiger partial charge is 0.340 e. The molecule has 0 aliphatic carbocycles. The molecule has 0 radical (unpaired) electrons. The molecule has 2 aromatic heterocycles. The Morgan fingerprint density at radius 1 is 1.41 bits per heavy atom. The lowest BCUT2D eigenvalue weighted by molar-refractivity contribution is -0.137. The van der Waals surface area contributed by atoms with Crippen molar-refractivity contribution < 1.29 is 4.79 Å². The smallest absolute Gasteiger partial charge is 0.227 e. The molecule has 2 aromatic rings. The van der Waals surface area contributed by atoms with Crippen LogP contribution in [0, 0.1) is 12.8 Å². The molecule has 2 atom stereocenters. The summed E-state index contributed by atoms with van der Waals surface area (Å²) in [5, 5.41) is 4.18. The molecular weight excluding hydrogens is 278 g/mol. The molecule has 6 nitrogen and oxygen atoms in total. The number of hydrogen-bond acceptors (Lipinski definition) is 3. The van der Waals surface area contributed by atoms with Gasteiger partial charge in [0, 0.05) is 37.9 Å². The normalized spacial score (nSPS) is 20.1. The number of amides is 1. The number of piperidine rings is 1. The van der Waals surface area contributed by atoms with Crippen LogP contribution in [0.2, 0.25) is 0 Å². The molecule has 0 bridgehead atoms. The summed E-state index contributed by atoms with van der Waals surface area (Å²) in [4.78, 5) is 19.0. The third kappa shape index (κ3) is 3.05. The molecule has 0 saturated carbocycles. The van der Waals surface area contributed by atoms with Gasteiger partial charge >= 0.3 is 0 Å². The lowest BCUT2D eigenvalue weighted by Crippen LogP contribution is -2.43. The van der Waals surface area contributed by atoms with Crippen LogP contribution < -0.4 is 0 Å². The number of imidazole rings is 1. The Balaban J connectivity index is 1.64. The molecule has 0 aromatic carbocycles. The highest BCUT2D eigenvalue weighted by atomic mass is 16.2. The second kappa shape index (κ2) is 6.34. The van der Waals surface area contributed by atoms with Crippen molar-refractivity contribution in [3.63, 3.8) is 0 Å². The van der Waals surface area contributed by atoms with Crippen molar-refractivity contribution in [2.45, 2.75) is 39.3 Å². The van der Waals surface area contributed by atoms with E-state index >= 15 is 0 Å². The van der Waals surface area contributed by atoms with Gasteiger partial charge in [0.15, 0.2) is 0 Å². The van der Waals surface area contributed by atoms with Crippen molar-refractivity contribution >= 4 is 5.91 Å². The minimum absolute atomic E-state index is 0.0532. The number of carbonyl (C=O) groups is 1. The lowest BCUT2D eigenvalue weighted by Gasteiger charge is -2.35. The Morgan fingerprint density at radius 3 is 2.95 bits per heavy atom. The highest BCUT2D eigenvalue weighted by molar-refractivity contribution is 5.78. The van der Waals surface area contributed by atoms with Crippen LogP contribution in [0.25, 0.3) is 0 Å². The summed E-state index contributed by atoms with van der Waals surface area (Å²) in [5.74, 6) is 1.18. The number of aromatic nitrogens is 4. The molecule has 22 heavy (non-hydrogen) atoms. The van der Waals surface area contributed by atoms with Crippen molar-refractivity contribution in [2.24, 2.45) is 5.92 Å². The third-order valence-electron chi connectivity index (χ3n) is 4.41. The zero-order chi connectivity index (χ0) is 15.5. The molecule has 1 fully saturated rings. The Kier molecular flexibility index (Phi) is 4.27. The molecule has 3 rings (SSSR count). The maximum Gasteiger partial charge on any atom is 0.227 e. The van der Waals surface area contributed by atoms with Crippen molar-refractivity contribution in [3.8, 4) is 0 Å². The summed E-state index contributed by atoms with van der Waals surface area (Å²) < 4.78 is 4.02. The van der Waals surface area contributed by atoms with E-state index in [9.17, 15) is 4.79 Å². The number of rotatable bonds is 4. The predicted octanol–water partition coefficient (Wildman–Crippen LogP) is 1.89. The first-order valence-corrected chi connectivity index (χ1v) is 7.91. The van der Waals surface area contributed by atoms with Gasteiger partial charge in [-0.3, -0.25) is 9.48 Å². The van der Waals surface area contributed by atoms with Gasteiger partial charge in [0.25, 0.3) is 0 Å². The van der Waals surface area contributed by atoms with Crippen LogP contribution in [0.3, 0.4) is 0 Å². The molecule has 0 unspecified atom stereocenters. The lowest BCUT2D eigenvalue weighted by atomic mass is 10.0. The topological polar surface area (TPSA) is 56.0 Å². The van der Waals surface area contributed by atoms with E-state index in [1.54, 1.807) is 6.20 Å². The standard InChI is InChI=1S/C16H23N5O/c1-13(11-20-9-4-6-18-20)16(22)19-8-3-5-15(12-19)21-10-7-17-14(21)2/h4,6-7,9-10,13,15H,3,5,8,11-12H2,1-2H3/t13-,15-/m0/s1. The van der Waals surface area contributed by atoms with E-state index in [0.717, 1.165) is 31.8 Å². The van der Waals surface area contributed by atoms with E-state index < -0.39 is 0 Å². The van der Waals surface area contributed by atoms with Gasteiger partial charge in [-0.2, -0.15) is 5.10 Å². The number of carbonyl (C=O) groups excluding carboxylic acids is 1. The van der Waals surface area contributed by atoms with E-state index in [0.29, 0.717) is 12.6 Å². The molecule has 1 aliphatic rings. The molecular formula is C16H23N5O. The van der Waals surface area contributed by atoms with Gasteiger partial charge in [0.1, 0.15) is 5.82 Å². The summed E-state index contributed by atoms with van der Waals surface area (Å²) in [6.07, 6.45) is 9.64. The molecule has 1 aliphatic heterocycles. The van der Waals surface area contributed by atoms with Crippen LogP contribution in [-0.4, -0.2) is 43.2 Å². The Morgan fingerprint density at radius 2 is 2.27 bits per heavy atom. The molecule has 118 valence electrons. The van der Waals surface area contributed by atoms with Gasteiger partial charge in [0.2, 0.25) is 5.91 Å². The predicted molar refractivity (Wildman–Crippen MR) is 83.2 cm³/mol. The minimum atomic E-state index is -0.0532. The monoisotopic (exact) mass is 301 g/mol. The molecule has 1 saturated heterocycles. The summed E-state index contributed by atoms with van der Waals surface area (Å²) in [6.45, 7) is 6.26. The van der Waals surface area contributed by atoms with Crippen molar-refractivity contribution in [3.05, 3.63) is 36.7 Å². The van der Waals surface area contributed by atoms with Gasteiger partial charge < -0.3 is 9.47 Å². The highest BCUT2D eigenvalue weighted by Gasteiger charge is 2.28. The number of hydrogen-bond donors (Lipinski definition) is 0. The number of aryl methyl sites for hydroxylation is 1. The Bertz CT molecular complexity index is 618. The van der Waals surface area contributed by atoms with Gasteiger partial charge in [-0.05, 0) is 25.8 Å². The van der Waals surface area contributed by atoms with Crippen LogP contribution in [0.15, 0.2) is 30.9 Å².